The van der Waals surface area contributed by atoms with Crippen LogP contribution in [-0.4, -0.2) is 5.84 Å². The van der Waals surface area contributed by atoms with E-state index < -0.39 is 0 Å². The smallest absolute Gasteiger partial charge is 0.257 e. The van der Waals surface area contributed by atoms with Crippen molar-refractivity contribution in [3.05, 3.63) is 29.8 Å². The molecule has 0 radical (unpaired) electrons. The molecule has 1 aromatic carbocycles. The Kier molecular flexibility index (Phi) is 2.54. The van der Waals surface area contributed by atoms with Crippen LogP contribution in [0.25, 0.3) is 0 Å². The van der Waals surface area contributed by atoms with Gasteiger partial charge in [0, 0.05) is 5.56 Å². The Morgan fingerprint density at radius 2 is 1.55 bits per heavy atom. The van der Waals surface area contributed by atoms with E-state index in [0.29, 0.717) is 0 Å². The van der Waals surface area contributed by atoms with Crippen LogP contribution in [0.1, 0.15) is 37.7 Å². The maximum absolute atomic E-state index is 6.55. The van der Waals surface area contributed by atoms with Gasteiger partial charge in [0.25, 0.3) is 5.84 Å². The van der Waals surface area contributed by atoms with Crippen LogP contribution in [0.3, 0.4) is 0 Å². The molecule has 4 bridgehead atoms. The zero-order chi connectivity index (χ0) is 12.6. The summed E-state index contributed by atoms with van der Waals surface area (Å²) in [6, 6.07) is 8.83. The molecule has 0 unspecified atom stereocenters. The number of para-hydroxylation sites is 1. The van der Waals surface area contributed by atoms with Crippen LogP contribution in [0, 0.1) is 23.7 Å². The molecule has 3 heteroatoms. The molecule has 5 aliphatic rings. The number of hydrogen-bond donors (Lipinski definition) is 2. The van der Waals surface area contributed by atoms with Gasteiger partial charge < -0.3 is 12.4 Å². The molecule has 6 rings (SSSR count). The Morgan fingerprint density at radius 1 is 0.950 bits per heavy atom. The molecule has 4 fully saturated rings. The molecule has 1 heterocycles. The topological polar surface area (TPSA) is 40.0 Å². The molecule has 0 amide bonds. The van der Waals surface area contributed by atoms with E-state index in [1.54, 1.807) is 0 Å². The Hall–Kier alpha value is -1.02. The molecule has 2 nitrogen and oxygen atoms in total. The van der Waals surface area contributed by atoms with Gasteiger partial charge in [-0.3, -0.25) is 5.73 Å². The van der Waals surface area contributed by atoms with Crippen molar-refractivity contribution in [1.29, 1.82) is 0 Å². The van der Waals surface area contributed by atoms with Gasteiger partial charge in [0.05, 0.1) is 0 Å². The Bertz CT molecular complexity index is 564. The highest BCUT2D eigenvalue weighted by molar-refractivity contribution is 5.93. The molecular formula is C17H21ClN2. The highest BCUT2D eigenvalue weighted by atomic mass is 35.5. The monoisotopic (exact) mass is 288 g/mol. The average Bonchev–Trinajstić information content (AvgIpc) is 2.68. The Labute approximate surface area is 126 Å². The van der Waals surface area contributed by atoms with Crippen molar-refractivity contribution in [3.8, 4) is 0 Å². The first-order valence-electron chi connectivity index (χ1n) is 7.78. The summed E-state index contributed by atoms with van der Waals surface area (Å²) in [5.74, 6) is 4.63. The van der Waals surface area contributed by atoms with Crippen molar-refractivity contribution in [2.24, 2.45) is 29.4 Å². The summed E-state index contributed by atoms with van der Waals surface area (Å²) in [5, 5.41) is 0. The first-order valence-corrected chi connectivity index (χ1v) is 7.78. The zero-order valence-electron chi connectivity index (χ0n) is 11.6. The summed E-state index contributed by atoms with van der Waals surface area (Å²) in [5.41, 5.74) is 9.49. The number of halogens is 1. The van der Waals surface area contributed by atoms with E-state index in [2.05, 4.69) is 29.3 Å². The summed E-state index contributed by atoms with van der Waals surface area (Å²) in [6.07, 6.45) is 7.12. The molecule has 0 aromatic heterocycles. The van der Waals surface area contributed by atoms with E-state index in [1.165, 1.54) is 43.4 Å². The quantitative estimate of drug-likeness (QED) is 0.597. The van der Waals surface area contributed by atoms with Crippen molar-refractivity contribution >= 4 is 11.5 Å². The van der Waals surface area contributed by atoms with Crippen molar-refractivity contribution in [1.82, 2.24) is 0 Å². The number of fused-ring (bicyclic) bond motifs is 1. The zero-order valence-corrected chi connectivity index (χ0v) is 12.4. The fraction of sp³-hybridized carbons (Fsp3) is 0.588. The maximum atomic E-state index is 6.55. The summed E-state index contributed by atoms with van der Waals surface area (Å²) >= 11 is 0. The van der Waals surface area contributed by atoms with Crippen LogP contribution in [-0.2, 0) is 5.41 Å². The predicted octanol–water partition coefficient (Wildman–Crippen LogP) is -1.53. The number of amidine groups is 1. The second-order valence-corrected chi connectivity index (χ2v) is 7.26. The minimum atomic E-state index is 0. The van der Waals surface area contributed by atoms with Crippen molar-refractivity contribution in [2.45, 2.75) is 37.5 Å². The van der Waals surface area contributed by atoms with Crippen molar-refractivity contribution < 1.29 is 17.4 Å². The number of nitrogens with one attached hydrogen (secondary N) is 1. The fourth-order valence-corrected chi connectivity index (χ4v) is 6.15. The molecule has 4 saturated carbocycles. The first kappa shape index (κ1) is 12.7. The van der Waals surface area contributed by atoms with Gasteiger partial charge in [-0.15, -0.1) is 0 Å². The molecule has 3 N–H and O–H groups in total. The lowest BCUT2D eigenvalue weighted by Gasteiger charge is -2.58. The highest BCUT2D eigenvalue weighted by Gasteiger charge is 2.64. The Morgan fingerprint density at radius 3 is 2.20 bits per heavy atom. The van der Waals surface area contributed by atoms with E-state index in [1.807, 2.05) is 0 Å². The third kappa shape index (κ3) is 1.29. The van der Waals surface area contributed by atoms with E-state index in [-0.39, 0.29) is 17.8 Å². The SMILES string of the molecule is NC1=[NH+]c2ccccc2C12C1CC3CC(C1)CC2C3.[Cl-]. The largest absolute Gasteiger partial charge is 1.00 e. The number of rotatable bonds is 0. The van der Waals surface area contributed by atoms with Gasteiger partial charge in [-0.2, -0.15) is 0 Å². The summed E-state index contributed by atoms with van der Waals surface area (Å²) in [6.45, 7) is 0. The molecule has 1 spiro atoms. The van der Waals surface area contributed by atoms with Crippen LogP contribution in [0.5, 0.6) is 0 Å². The normalized spacial score (nSPS) is 43.3. The second-order valence-electron chi connectivity index (χ2n) is 7.26. The first-order chi connectivity index (χ1) is 9.28. The van der Waals surface area contributed by atoms with Gasteiger partial charge in [0.1, 0.15) is 11.1 Å². The van der Waals surface area contributed by atoms with Gasteiger partial charge in [-0.05, 0) is 61.8 Å². The molecule has 0 saturated heterocycles. The van der Waals surface area contributed by atoms with E-state index in [0.717, 1.165) is 29.5 Å². The second kappa shape index (κ2) is 4.00. The lowest BCUT2D eigenvalue weighted by atomic mass is 9.44. The molecule has 1 aromatic rings. The number of hydrogen-bond acceptors (Lipinski definition) is 1. The van der Waals surface area contributed by atoms with E-state index in [9.17, 15) is 0 Å². The number of nitrogens with two attached hydrogens (primary N) is 1. The van der Waals surface area contributed by atoms with Gasteiger partial charge >= 0.3 is 0 Å². The van der Waals surface area contributed by atoms with Crippen molar-refractivity contribution in [2.75, 3.05) is 0 Å². The Balaban J connectivity index is 0.00000106. The highest BCUT2D eigenvalue weighted by Crippen LogP contribution is 2.63. The van der Waals surface area contributed by atoms with Crippen molar-refractivity contribution in [3.63, 3.8) is 0 Å². The maximum Gasteiger partial charge on any atom is 0.257 e. The minimum Gasteiger partial charge on any atom is -1.00 e. The third-order valence-corrected chi connectivity index (χ3v) is 6.51. The number of benzene rings is 1. The van der Waals surface area contributed by atoms with Crippen LogP contribution in [0.2, 0.25) is 0 Å². The van der Waals surface area contributed by atoms with E-state index in [4.69, 9.17) is 5.73 Å². The lowest BCUT2D eigenvalue weighted by Crippen LogP contribution is -3.00. The lowest BCUT2D eigenvalue weighted by molar-refractivity contribution is -0.353. The summed E-state index contributed by atoms with van der Waals surface area (Å²) in [7, 11) is 0. The fourth-order valence-electron chi connectivity index (χ4n) is 6.15. The summed E-state index contributed by atoms with van der Waals surface area (Å²) in [4.78, 5) is 3.51. The van der Waals surface area contributed by atoms with Crippen LogP contribution >= 0.6 is 0 Å². The predicted molar refractivity (Wildman–Crippen MR) is 75.0 cm³/mol. The van der Waals surface area contributed by atoms with Gasteiger partial charge in [0.15, 0.2) is 0 Å². The molecule has 106 valence electrons. The van der Waals surface area contributed by atoms with Gasteiger partial charge in [-0.25, -0.2) is 4.99 Å². The van der Waals surface area contributed by atoms with Crippen LogP contribution in [0.15, 0.2) is 24.3 Å². The minimum absolute atomic E-state index is 0. The van der Waals surface area contributed by atoms with Crippen LogP contribution in [0.4, 0.5) is 5.69 Å². The third-order valence-electron chi connectivity index (χ3n) is 6.51. The standard InChI is InChI=1S/C17H20N2.ClH/c18-16-17(14-3-1-2-4-15(14)19-16)12-6-10-5-11(8-12)9-13(17)7-10;/h1-4,10-13H,5-9H2,(H2,18,19);1H. The molecule has 0 atom stereocenters. The van der Waals surface area contributed by atoms with E-state index >= 15 is 0 Å². The molecule has 1 aliphatic heterocycles. The molecule has 4 aliphatic carbocycles. The van der Waals surface area contributed by atoms with Gasteiger partial charge in [-0.1, -0.05) is 18.2 Å². The van der Waals surface area contributed by atoms with Gasteiger partial charge in [0.2, 0.25) is 0 Å². The average molecular weight is 289 g/mol. The molecular weight excluding hydrogens is 268 g/mol. The molecule has 20 heavy (non-hydrogen) atoms. The summed E-state index contributed by atoms with van der Waals surface area (Å²) < 4.78 is 0. The van der Waals surface area contributed by atoms with Crippen LogP contribution < -0.4 is 23.1 Å².